The summed E-state index contributed by atoms with van der Waals surface area (Å²) in [5.41, 5.74) is 2.32. The normalized spacial score (nSPS) is 18.4. The van der Waals surface area contributed by atoms with Crippen LogP contribution in [0.15, 0.2) is 29.6 Å². The van der Waals surface area contributed by atoms with E-state index in [4.69, 9.17) is 4.74 Å². The van der Waals surface area contributed by atoms with Crippen molar-refractivity contribution in [3.05, 3.63) is 56.8 Å². The van der Waals surface area contributed by atoms with Gasteiger partial charge < -0.3 is 9.64 Å². The van der Waals surface area contributed by atoms with Gasteiger partial charge >= 0.3 is 0 Å². The van der Waals surface area contributed by atoms with E-state index in [9.17, 15) is 14.4 Å². The second-order valence-electron chi connectivity index (χ2n) is 7.09. The maximum Gasteiger partial charge on any atom is 0.261 e. The third-order valence-corrected chi connectivity index (χ3v) is 6.48. The van der Waals surface area contributed by atoms with E-state index in [-0.39, 0.29) is 23.8 Å². The number of carbonyl (C=O) groups excluding carboxylic acids is 3. The van der Waals surface area contributed by atoms with Gasteiger partial charge in [-0.25, -0.2) is 0 Å². The molecule has 146 valence electrons. The largest absolute Gasteiger partial charge is 0.385 e. The lowest BCUT2D eigenvalue weighted by Gasteiger charge is -2.33. The molecule has 0 fully saturated rings. The monoisotopic (exact) mass is 398 g/mol. The Hall–Kier alpha value is -2.51. The van der Waals surface area contributed by atoms with E-state index in [1.165, 1.54) is 15.3 Å². The van der Waals surface area contributed by atoms with E-state index in [2.05, 4.69) is 11.4 Å². The predicted molar refractivity (Wildman–Crippen MR) is 106 cm³/mol. The molecule has 0 aliphatic carbocycles. The van der Waals surface area contributed by atoms with E-state index >= 15 is 0 Å². The van der Waals surface area contributed by atoms with E-state index in [0.717, 1.165) is 6.42 Å². The van der Waals surface area contributed by atoms with Gasteiger partial charge in [-0.2, -0.15) is 0 Å². The van der Waals surface area contributed by atoms with Crippen LogP contribution in [0.2, 0.25) is 0 Å². The summed E-state index contributed by atoms with van der Waals surface area (Å²) in [6, 6.07) is 6.90. The van der Waals surface area contributed by atoms with Crippen molar-refractivity contribution < 1.29 is 19.1 Å². The second kappa shape index (κ2) is 7.48. The highest BCUT2D eigenvalue weighted by Crippen LogP contribution is 2.34. The Morgan fingerprint density at radius 3 is 2.79 bits per heavy atom. The molecule has 2 aliphatic heterocycles. The third kappa shape index (κ3) is 3.04. The van der Waals surface area contributed by atoms with Crippen LogP contribution in [-0.4, -0.2) is 54.3 Å². The molecule has 1 atom stereocenters. The molecule has 3 amide bonds. The smallest absolute Gasteiger partial charge is 0.261 e. The van der Waals surface area contributed by atoms with E-state index in [1.54, 1.807) is 36.6 Å². The number of nitrogens with zero attached hydrogens (tertiary/aromatic N) is 2. The average Bonchev–Trinajstić information content (AvgIpc) is 3.27. The summed E-state index contributed by atoms with van der Waals surface area (Å²) in [6.07, 6.45) is 1.43. The number of rotatable bonds is 5. The maximum atomic E-state index is 13.1. The van der Waals surface area contributed by atoms with Crippen molar-refractivity contribution >= 4 is 29.1 Å². The van der Waals surface area contributed by atoms with Crippen LogP contribution in [0.5, 0.6) is 0 Å². The second-order valence-corrected chi connectivity index (χ2v) is 8.09. The number of thiophene rings is 1. The van der Waals surface area contributed by atoms with Crippen LogP contribution in [0.4, 0.5) is 0 Å². The quantitative estimate of drug-likeness (QED) is 0.573. The van der Waals surface area contributed by atoms with Crippen LogP contribution >= 0.6 is 11.3 Å². The number of carbonyl (C=O) groups is 3. The molecule has 3 heterocycles. The van der Waals surface area contributed by atoms with Crippen molar-refractivity contribution in [3.8, 4) is 0 Å². The molecule has 28 heavy (non-hydrogen) atoms. The van der Waals surface area contributed by atoms with E-state index in [0.29, 0.717) is 42.8 Å². The molecule has 0 N–H and O–H groups in total. The molecular formula is C21H22N2O4S. The van der Waals surface area contributed by atoms with Crippen molar-refractivity contribution in [2.45, 2.75) is 25.8 Å². The zero-order chi connectivity index (χ0) is 19.8. The van der Waals surface area contributed by atoms with Crippen molar-refractivity contribution in [2.75, 3.05) is 26.8 Å². The molecule has 0 bridgehead atoms. The van der Waals surface area contributed by atoms with Gasteiger partial charge in [0.05, 0.1) is 17.2 Å². The fraction of sp³-hybridized carbons (Fsp3) is 0.381. The van der Waals surface area contributed by atoms with Crippen LogP contribution < -0.4 is 0 Å². The summed E-state index contributed by atoms with van der Waals surface area (Å²) in [6.45, 7) is 3.48. The van der Waals surface area contributed by atoms with Crippen molar-refractivity contribution in [1.82, 2.24) is 9.80 Å². The first kappa shape index (κ1) is 18.8. The van der Waals surface area contributed by atoms with Gasteiger partial charge in [0, 0.05) is 37.2 Å². The van der Waals surface area contributed by atoms with Crippen LogP contribution in [-0.2, 0) is 11.2 Å². The lowest BCUT2D eigenvalue weighted by molar-refractivity contribution is 0.0637. The zero-order valence-corrected chi connectivity index (χ0v) is 16.8. The number of hydrogen-bond donors (Lipinski definition) is 0. The molecular weight excluding hydrogens is 376 g/mol. The van der Waals surface area contributed by atoms with Crippen LogP contribution in [0.3, 0.4) is 0 Å². The SMILES string of the molecule is COCCCN1C(=O)c2ccc(C(=O)N3CCc4sccc4[C@@H]3C)cc2C1=O. The Labute approximate surface area is 167 Å². The van der Waals surface area contributed by atoms with Gasteiger partial charge in [0.15, 0.2) is 0 Å². The Bertz CT molecular complexity index is 952. The molecule has 6 nitrogen and oxygen atoms in total. The van der Waals surface area contributed by atoms with Crippen molar-refractivity contribution in [1.29, 1.82) is 0 Å². The fourth-order valence-corrected chi connectivity index (χ4v) is 4.91. The summed E-state index contributed by atoms with van der Waals surface area (Å²) < 4.78 is 5.00. The first-order valence-electron chi connectivity index (χ1n) is 9.39. The highest BCUT2D eigenvalue weighted by Gasteiger charge is 2.36. The van der Waals surface area contributed by atoms with Gasteiger partial charge in [-0.3, -0.25) is 19.3 Å². The highest BCUT2D eigenvalue weighted by atomic mass is 32.1. The third-order valence-electron chi connectivity index (χ3n) is 5.49. The first-order valence-corrected chi connectivity index (χ1v) is 10.3. The summed E-state index contributed by atoms with van der Waals surface area (Å²) >= 11 is 1.73. The summed E-state index contributed by atoms with van der Waals surface area (Å²) in [5.74, 6) is -0.743. The highest BCUT2D eigenvalue weighted by molar-refractivity contribution is 7.10. The maximum absolute atomic E-state index is 13.1. The topological polar surface area (TPSA) is 66.9 Å². The average molecular weight is 398 g/mol. The lowest BCUT2D eigenvalue weighted by Crippen LogP contribution is -2.38. The molecule has 4 rings (SSSR count). The number of ether oxygens (including phenoxy) is 1. The van der Waals surface area contributed by atoms with Gasteiger partial charge in [-0.05, 0) is 55.0 Å². The molecule has 0 saturated heterocycles. The first-order chi connectivity index (χ1) is 13.5. The van der Waals surface area contributed by atoms with Crippen LogP contribution in [0.25, 0.3) is 0 Å². The number of amides is 3. The van der Waals surface area contributed by atoms with Crippen molar-refractivity contribution in [3.63, 3.8) is 0 Å². The number of hydrogen-bond acceptors (Lipinski definition) is 5. The lowest BCUT2D eigenvalue weighted by atomic mass is 9.99. The summed E-state index contributed by atoms with van der Waals surface area (Å²) in [4.78, 5) is 42.7. The summed E-state index contributed by atoms with van der Waals surface area (Å²) in [7, 11) is 1.58. The molecule has 7 heteroatoms. The van der Waals surface area contributed by atoms with Gasteiger partial charge in [-0.1, -0.05) is 0 Å². The van der Waals surface area contributed by atoms with Gasteiger partial charge in [0.25, 0.3) is 17.7 Å². The van der Waals surface area contributed by atoms with Crippen LogP contribution in [0.1, 0.15) is 60.9 Å². The number of methoxy groups -OCH3 is 1. The molecule has 2 aliphatic rings. The minimum atomic E-state index is -0.336. The standard InChI is InChI=1S/C21H22N2O4S/c1-13-15-7-11-28-18(15)6-9-22(13)19(24)14-4-5-16-17(12-14)21(26)23(20(16)25)8-3-10-27-2/h4-5,7,11-13H,3,6,8-10H2,1-2H3/t13-/m0/s1. The molecule has 0 saturated carbocycles. The number of fused-ring (bicyclic) bond motifs is 2. The molecule has 0 spiro atoms. The number of benzene rings is 1. The predicted octanol–water partition coefficient (Wildman–Crippen LogP) is 3.14. The Morgan fingerprint density at radius 1 is 1.21 bits per heavy atom. The Balaban J connectivity index is 1.57. The van der Waals surface area contributed by atoms with Gasteiger partial charge in [0.1, 0.15) is 0 Å². The Morgan fingerprint density at radius 2 is 2.00 bits per heavy atom. The number of imide groups is 1. The fourth-order valence-electron chi connectivity index (χ4n) is 3.95. The Kier molecular flexibility index (Phi) is 5.03. The van der Waals surface area contributed by atoms with E-state index in [1.807, 2.05) is 11.8 Å². The van der Waals surface area contributed by atoms with Gasteiger partial charge in [0.2, 0.25) is 0 Å². The minimum absolute atomic E-state index is 0.00127. The molecule has 2 aromatic rings. The molecule has 1 aromatic heterocycles. The van der Waals surface area contributed by atoms with E-state index < -0.39 is 0 Å². The molecule has 1 aromatic carbocycles. The van der Waals surface area contributed by atoms with Crippen LogP contribution in [0, 0.1) is 0 Å². The van der Waals surface area contributed by atoms with Crippen molar-refractivity contribution in [2.24, 2.45) is 0 Å². The minimum Gasteiger partial charge on any atom is -0.385 e. The zero-order valence-electron chi connectivity index (χ0n) is 15.9. The van der Waals surface area contributed by atoms with Gasteiger partial charge in [-0.15, -0.1) is 11.3 Å². The summed E-state index contributed by atoms with van der Waals surface area (Å²) in [5, 5.41) is 2.06. The molecule has 0 unspecified atom stereocenters. The molecule has 0 radical (unpaired) electrons.